The van der Waals surface area contributed by atoms with Crippen LogP contribution in [-0.2, 0) is 0 Å². The van der Waals surface area contributed by atoms with Gasteiger partial charge in [-0.25, -0.2) is 0 Å². The highest BCUT2D eigenvalue weighted by Gasteiger charge is 1.96. The molecule has 0 unspecified atom stereocenters. The SMILES string of the molecule is [c]1ccc2[c]c3cc[c]cc3cc2c1. The van der Waals surface area contributed by atoms with Gasteiger partial charge in [0.2, 0.25) is 0 Å². The Kier molecular flexibility index (Phi) is 1.54. The summed E-state index contributed by atoms with van der Waals surface area (Å²) in [5, 5.41) is 4.64. The molecule has 0 amide bonds. The zero-order valence-electron chi connectivity index (χ0n) is 7.54. The third-order valence-electron chi connectivity index (χ3n) is 2.37. The predicted molar refractivity (Wildman–Crippen MR) is 58.0 cm³/mol. The lowest BCUT2D eigenvalue weighted by atomic mass is 10.0. The van der Waals surface area contributed by atoms with Crippen LogP contribution in [0, 0.1) is 18.2 Å². The summed E-state index contributed by atoms with van der Waals surface area (Å²) in [5.74, 6) is 0. The van der Waals surface area contributed by atoms with E-state index in [-0.39, 0.29) is 0 Å². The molecule has 0 aliphatic carbocycles. The molecule has 3 aromatic carbocycles. The Labute approximate surface area is 82.8 Å². The first-order chi connectivity index (χ1) is 6.93. The van der Waals surface area contributed by atoms with Gasteiger partial charge in [0.1, 0.15) is 0 Å². The monoisotopic (exact) mass is 175 g/mol. The van der Waals surface area contributed by atoms with E-state index < -0.39 is 0 Å². The van der Waals surface area contributed by atoms with Gasteiger partial charge in [0.05, 0.1) is 0 Å². The van der Waals surface area contributed by atoms with Gasteiger partial charge in [-0.3, -0.25) is 0 Å². The van der Waals surface area contributed by atoms with E-state index in [1.54, 1.807) is 0 Å². The molecule has 0 aliphatic heterocycles. The van der Waals surface area contributed by atoms with Gasteiger partial charge in [0, 0.05) is 0 Å². The van der Waals surface area contributed by atoms with Crippen LogP contribution in [0.2, 0.25) is 0 Å². The van der Waals surface area contributed by atoms with Crippen molar-refractivity contribution in [2.24, 2.45) is 0 Å². The second-order valence-corrected chi connectivity index (χ2v) is 3.30. The predicted octanol–water partition coefficient (Wildman–Crippen LogP) is 3.39. The first kappa shape index (κ1) is 7.57. The molecule has 0 saturated heterocycles. The van der Waals surface area contributed by atoms with Gasteiger partial charge in [-0.05, 0) is 57.9 Å². The summed E-state index contributed by atoms with van der Waals surface area (Å²) in [7, 11) is 0. The van der Waals surface area contributed by atoms with E-state index >= 15 is 0 Å². The number of rotatable bonds is 0. The Bertz CT molecular complexity index is 489. The fraction of sp³-hybridized carbons (Fsp3) is 0. The van der Waals surface area contributed by atoms with Crippen molar-refractivity contribution >= 4 is 21.5 Å². The van der Waals surface area contributed by atoms with Crippen LogP contribution in [0.3, 0.4) is 0 Å². The first-order valence-corrected chi connectivity index (χ1v) is 4.55. The molecule has 0 aromatic heterocycles. The van der Waals surface area contributed by atoms with Crippen molar-refractivity contribution in [3.05, 3.63) is 60.7 Å². The largest absolute Gasteiger partial charge is 0.0537 e. The van der Waals surface area contributed by atoms with Crippen LogP contribution in [0.4, 0.5) is 0 Å². The third kappa shape index (κ3) is 1.08. The van der Waals surface area contributed by atoms with E-state index in [2.05, 4.69) is 24.3 Å². The zero-order valence-corrected chi connectivity index (χ0v) is 7.54. The molecule has 63 valence electrons. The van der Waals surface area contributed by atoms with Gasteiger partial charge < -0.3 is 0 Å². The van der Waals surface area contributed by atoms with Crippen LogP contribution < -0.4 is 0 Å². The van der Waals surface area contributed by atoms with Crippen LogP contribution in [0.25, 0.3) is 21.5 Å². The highest BCUT2D eigenvalue weighted by atomic mass is 14.0. The number of hydrogen-bond donors (Lipinski definition) is 0. The molecule has 0 bridgehead atoms. The molecule has 0 N–H and O–H groups in total. The molecule has 3 aromatic rings. The molecular weight excluding hydrogens is 168 g/mol. The summed E-state index contributed by atoms with van der Waals surface area (Å²) < 4.78 is 0. The average Bonchev–Trinajstić information content (AvgIpc) is 2.26. The lowest BCUT2D eigenvalue weighted by Gasteiger charge is -1.99. The minimum absolute atomic E-state index is 1.14. The quantitative estimate of drug-likeness (QED) is 0.459. The van der Waals surface area contributed by atoms with Crippen LogP contribution in [0.1, 0.15) is 0 Å². The van der Waals surface area contributed by atoms with Crippen molar-refractivity contribution in [1.82, 2.24) is 0 Å². The number of fused-ring (bicyclic) bond motifs is 2. The summed E-state index contributed by atoms with van der Waals surface area (Å²) in [4.78, 5) is 0. The van der Waals surface area contributed by atoms with Gasteiger partial charge >= 0.3 is 0 Å². The second-order valence-electron chi connectivity index (χ2n) is 3.30. The Hall–Kier alpha value is -1.82. The minimum Gasteiger partial charge on any atom is -0.0537 e. The zero-order chi connectivity index (χ0) is 9.38. The van der Waals surface area contributed by atoms with E-state index in [0.717, 1.165) is 10.8 Å². The van der Waals surface area contributed by atoms with Gasteiger partial charge in [-0.1, -0.05) is 24.3 Å². The van der Waals surface area contributed by atoms with E-state index in [0.29, 0.717) is 0 Å². The van der Waals surface area contributed by atoms with E-state index in [1.807, 2.05) is 36.4 Å². The fourth-order valence-electron chi connectivity index (χ4n) is 1.67. The molecule has 0 fully saturated rings. The minimum atomic E-state index is 1.14. The first-order valence-electron chi connectivity index (χ1n) is 4.55. The molecule has 0 nitrogen and oxygen atoms in total. The lowest BCUT2D eigenvalue weighted by Crippen LogP contribution is -1.75. The maximum Gasteiger partial charge on any atom is -0.00143 e. The standard InChI is InChI=1S/C14H7/c1-2-6-12-10-14-8-4-3-7-13(14)9-11(12)5-1/h1,3,5-8,10H. The van der Waals surface area contributed by atoms with Crippen LogP contribution >= 0.6 is 0 Å². The Morgan fingerprint density at radius 2 is 1.36 bits per heavy atom. The van der Waals surface area contributed by atoms with Gasteiger partial charge in [0.25, 0.3) is 0 Å². The van der Waals surface area contributed by atoms with E-state index in [1.165, 1.54) is 10.8 Å². The summed E-state index contributed by atoms with van der Waals surface area (Å²) in [6.07, 6.45) is 0. The van der Waals surface area contributed by atoms with Crippen molar-refractivity contribution in [2.45, 2.75) is 0 Å². The smallest absolute Gasteiger partial charge is 0.00143 e. The van der Waals surface area contributed by atoms with Crippen molar-refractivity contribution in [2.75, 3.05) is 0 Å². The maximum absolute atomic E-state index is 3.37. The van der Waals surface area contributed by atoms with Crippen LogP contribution in [0.5, 0.6) is 0 Å². The Balaban J connectivity index is 2.52. The van der Waals surface area contributed by atoms with Crippen LogP contribution in [-0.4, -0.2) is 0 Å². The Morgan fingerprint density at radius 1 is 0.786 bits per heavy atom. The average molecular weight is 175 g/mol. The lowest BCUT2D eigenvalue weighted by molar-refractivity contribution is 1.74. The summed E-state index contributed by atoms with van der Waals surface area (Å²) in [6.45, 7) is 0. The van der Waals surface area contributed by atoms with Crippen molar-refractivity contribution in [1.29, 1.82) is 0 Å². The fourth-order valence-corrected chi connectivity index (χ4v) is 1.67. The molecule has 0 spiro atoms. The molecular formula is C14H7. The third-order valence-corrected chi connectivity index (χ3v) is 2.37. The molecule has 0 aliphatic rings. The second kappa shape index (κ2) is 2.85. The van der Waals surface area contributed by atoms with E-state index in [9.17, 15) is 0 Å². The molecule has 14 heavy (non-hydrogen) atoms. The van der Waals surface area contributed by atoms with Crippen LogP contribution in [0.15, 0.2) is 42.5 Å². The van der Waals surface area contributed by atoms with Crippen molar-refractivity contribution in [3.8, 4) is 0 Å². The molecule has 0 heterocycles. The summed E-state index contributed by atoms with van der Waals surface area (Å²) in [6, 6.07) is 23.5. The van der Waals surface area contributed by atoms with Gasteiger partial charge in [-0.15, -0.1) is 0 Å². The van der Waals surface area contributed by atoms with Crippen molar-refractivity contribution in [3.63, 3.8) is 0 Å². The summed E-state index contributed by atoms with van der Waals surface area (Å²) in [5.41, 5.74) is 0. The number of benzene rings is 3. The molecule has 0 saturated carbocycles. The van der Waals surface area contributed by atoms with Gasteiger partial charge in [0.15, 0.2) is 0 Å². The topological polar surface area (TPSA) is 0 Å². The highest BCUT2D eigenvalue weighted by Crippen LogP contribution is 2.20. The molecule has 3 rings (SSSR count). The number of hydrogen-bond acceptors (Lipinski definition) is 0. The molecule has 0 heteroatoms. The normalized spacial score (nSPS) is 10.9. The van der Waals surface area contributed by atoms with E-state index in [4.69, 9.17) is 0 Å². The molecule has 0 atom stereocenters. The summed E-state index contributed by atoms with van der Waals surface area (Å²) >= 11 is 0. The highest BCUT2D eigenvalue weighted by molar-refractivity contribution is 5.97. The molecule has 3 radical (unpaired) electrons. The Morgan fingerprint density at radius 3 is 1.93 bits per heavy atom. The van der Waals surface area contributed by atoms with Gasteiger partial charge in [-0.2, -0.15) is 0 Å². The maximum atomic E-state index is 3.37. The van der Waals surface area contributed by atoms with Crippen molar-refractivity contribution < 1.29 is 0 Å².